The van der Waals surface area contributed by atoms with Gasteiger partial charge in [0.2, 0.25) is 0 Å². The topological polar surface area (TPSA) is 20.3 Å². The molecular weight excluding hydrogens is 512 g/mol. The first-order valence-electron chi connectivity index (χ1n) is 12.4. The highest BCUT2D eigenvalue weighted by Crippen LogP contribution is 2.37. The van der Waals surface area contributed by atoms with Gasteiger partial charge in [0, 0.05) is 33.8 Å². The summed E-state index contributed by atoms with van der Waals surface area (Å²) in [7, 11) is 0. The van der Waals surface area contributed by atoms with Crippen LogP contribution in [0, 0.1) is 17.7 Å². The number of amides is 1. The van der Waals surface area contributed by atoms with Crippen molar-refractivity contribution in [2.45, 2.75) is 39.2 Å². The molecule has 2 nitrogen and oxygen atoms in total. The third-order valence-electron chi connectivity index (χ3n) is 7.21. The SMILES string of the molecule is CC1CCC(CN(Cc2cc(-c3ccc(Cl)cc3)ccc2F)C(=O)c2sc3ccccc3c2Cl)CC1. The molecule has 0 saturated heterocycles. The zero-order valence-corrected chi connectivity index (χ0v) is 22.5. The molecule has 1 aromatic heterocycles. The minimum Gasteiger partial charge on any atom is -0.333 e. The first-order chi connectivity index (χ1) is 17.4. The molecule has 0 N–H and O–H groups in total. The average molecular weight is 541 g/mol. The minimum absolute atomic E-state index is 0.129. The van der Waals surface area contributed by atoms with Crippen molar-refractivity contribution >= 4 is 50.5 Å². The summed E-state index contributed by atoms with van der Waals surface area (Å²) < 4.78 is 16.0. The number of hydrogen-bond acceptors (Lipinski definition) is 2. The monoisotopic (exact) mass is 539 g/mol. The lowest BCUT2D eigenvalue weighted by molar-refractivity contribution is 0.0695. The zero-order valence-electron chi connectivity index (χ0n) is 20.1. The summed E-state index contributed by atoms with van der Waals surface area (Å²) in [5, 5.41) is 2.02. The van der Waals surface area contributed by atoms with Crippen molar-refractivity contribution in [3.8, 4) is 11.1 Å². The van der Waals surface area contributed by atoms with Gasteiger partial charge in [-0.1, -0.05) is 79.4 Å². The average Bonchev–Trinajstić information content (AvgIpc) is 3.22. The Morgan fingerprint density at radius 2 is 1.67 bits per heavy atom. The summed E-state index contributed by atoms with van der Waals surface area (Å²) in [6.45, 7) is 3.08. The van der Waals surface area contributed by atoms with Crippen LogP contribution in [0.2, 0.25) is 10.0 Å². The molecule has 0 atom stereocenters. The van der Waals surface area contributed by atoms with Crippen LogP contribution < -0.4 is 0 Å². The Morgan fingerprint density at radius 1 is 0.972 bits per heavy atom. The number of nitrogens with zero attached hydrogens (tertiary/aromatic N) is 1. The van der Waals surface area contributed by atoms with Gasteiger partial charge < -0.3 is 4.90 Å². The van der Waals surface area contributed by atoms with E-state index in [1.807, 2.05) is 54.6 Å². The summed E-state index contributed by atoms with van der Waals surface area (Å²) in [4.78, 5) is 16.2. The van der Waals surface area contributed by atoms with Crippen LogP contribution in [-0.2, 0) is 6.54 Å². The van der Waals surface area contributed by atoms with Crippen LogP contribution in [0.5, 0.6) is 0 Å². The first kappa shape index (κ1) is 25.3. The second-order valence-electron chi connectivity index (χ2n) is 9.87. The number of carbonyl (C=O) groups excluding carboxylic acids is 1. The lowest BCUT2D eigenvalue weighted by Gasteiger charge is -2.32. The summed E-state index contributed by atoms with van der Waals surface area (Å²) in [6, 6.07) is 20.4. The van der Waals surface area contributed by atoms with Crippen LogP contribution in [0.4, 0.5) is 4.39 Å². The van der Waals surface area contributed by atoms with E-state index in [0.29, 0.717) is 32.9 Å². The summed E-state index contributed by atoms with van der Waals surface area (Å²) >= 11 is 14.1. The predicted octanol–water partition coefficient (Wildman–Crippen LogP) is 9.48. The van der Waals surface area contributed by atoms with Gasteiger partial charge in [0.15, 0.2) is 0 Å². The molecule has 0 aliphatic heterocycles. The van der Waals surface area contributed by atoms with Crippen molar-refractivity contribution in [3.05, 3.63) is 93.0 Å². The molecule has 1 fully saturated rings. The molecule has 36 heavy (non-hydrogen) atoms. The molecule has 1 saturated carbocycles. The van der Waals surface area contributed by atoms with E-state index in [-0.39, 0.29) is 18.3 Å². The lowest BCUT2D eigenvalue weighted by Crippen LogP contribution is -2.36. The number of fused-ring (bicyclic) bond motifs is 1. The number of rotatable bonds is 6. The Hall–Kier alpha value is -2.40. The Balaban J connectivity index is 1.47. The van der Waals surface area contributed by atoms with Crippen molar-refractivity contribution in [3.63, 3.8) is 0 Å². The normalized spacial score (nSPS) is 17.9. The zero-order chi connectivity index (χ0) is 25.2. The highest BCUT2D eigenvalue weighted by molar-refractivity contribution is 7.21. The van der Waals surface area contributed by atoms with Gasteiger partial charge in [-0.25, -0.2) is 4.39 Å². The quantitative estimate of drug-likeness (QED) is 0.239. The van der Waals surface area contributed by atoms with E-state index in [9.17, 15) is 4.79 Å². The third-order valence-corrected chi connectivity index (χ3v) is 9.13. The number of thiophene rings is 1. The molecule has 1 heterocycles. The molecule has 0 bridgehead atoms. The van der Waals surface area contributed by atoms with E-state index >= 15 is 4.39 Å². The Morgan fingerprint density at radius 3 is 2.39 bits per heavy atom. The van der Waals surface area contributed by atoms with Crippen molar-refractivity contribution in [1.29, 1.82) is 0 Å². The van der Waals surface area contributed by atoms with Crippen LogP contribution in [0.25, 0.3) is 21.2 Å². The second-order valence-corrected chi connectivity index (χ2v) is 11.7. The molecule has 3 aromatic carbocycles. The van der Waals surface area contributed by atoms with Crippen LogP contribution in [0.1, 0.15) is 47.8 Å². The highest BCUT2D eigenvalue weighted by atomic mass is 35.5. The van der Waals surface area contributed by atoms with Gasteiger partial charge in [-0.2, -0.15) is 0 Å². The Kier molecular flexibility index (Phi) is 7.66. The number of benzene rings is 3. The van der Waals surface area contributed by atoms with Crippen molar-refractivity contribution in [2.24, 2.45) is 11.8 Å². The first-order valence-corrected chi connectivity index (χ1v) is 14.0. The van der Waals surface area contributed by atoms with Gasteiger partial charge in [-0.3, -0.25) is 4.79 Å². The van der Waals surface area contributed by atoms with Crippen molar-refractivity contribution in [1.82, 2.24) is 4.90 Å². The minimum atomic E-state index is -0.315. The number of carbonyl (C=O) groups is 1. The van der Waals surface area contributed by atoms with E-state index in [1.54, 1.807) is 11.0 Å². The van der Waals surface area contributed by atoms with Crippen LogP contribution >= 0.6 is 34.5 Å². The van der Waals surface area contributed by atoms with Crippen LogP contribution in [0.3, 0.4) is 0 Å². The van der Waals surface area contributed by atoms with E-state index in [2.05, 4.69) is 6.92 Å². The van der Waals surface area contributed by atoms with E-state index in [1.165, 1.54) is 17.4 Å². The summed E-state index contributed by atoms with van der Waals surface area (Å²) in [6.07, 6.45) is 4.49. The van der Waals surface area contributed by atoms with Gasteiger partial charge in [-0.05, 0) is 66.1 Å². The Labute approximate surface area is 225 Å². The lowest BCUT2D eigenvalue weighted by atomic mass is 9.82. The fourth-order valence-corrected chi connectivity index (χ4v) is 6.67. The molecule has 1 aliphatic rings. The van der Waals surface area contributed by atoms with Gasteiger partial charge in [0.25, 0.3) is 5.91 Å². The Bertz CT molecular complexity index is 1380. The molecule has 186 valence electrons. The second kappa shape index (κ2) is 10.9. The van der Waals surface area contributed by atoms with Crippen molar-refractivity contribution in [2.75, 3.05) is 6.54 Å². The van der Waals surface area contributed by atoms with Gasteiger partial charge in [0.05, 0.1) is 5.02 Å². The molecule has 0 unspecified atom stereocenters. The highest BCUT2D eigenvalue weighted by Gasteiger charge is 2.28. The number of halogens is 3. The molecule has 1 aliphatic carbocycles. The maximum Gasteiger partial charge on any atom is 0.265 e. The smallest absolute Gasteiger partial charge is 0.265 e. The molecule has 6 heteroatoms. The van der Waals surface area contributed by atoms with Gasteiger partial charge in [0.1, 0.15) is 10.7 Å². The fraction of sp³-hybridized carbons (Fsp3) is 0.300. The van der Waals surface area contributed by atoms with Gasteiger partial charge >= 0.3 is 0 Å². The van der Waals surface area contributed by atoms with Crippen LogP contribution in [0.15, 0.2) is 66.7 Å². The number of hydrogen-bond donors (Lipinski definition) is 0. The largest absolute Gasteiger partial charge is 0.333 e. The third kappa shape index (κ3) is 5.46. The maximum absolute atomic E-state index is 15.1. The van der Waals surface area contributed by atoms with Crippen molar-refractivity contribution < 1.29 is 9.18 Å². The maximum atomic E-state index is 15.1. The molecule has 0 spiro atoms. The molecular formula is C30H28Cl2FNOS. The molecule has 5 rings (SSSR count). The van der Waals surface area contributed by atoms with E-state index < -0.39 is 0 Å². The molecule has 0 radical (unpaired) electrons. The standard InChI is InChI=1S/C30H28Cl2FNOS/c1-19-6-8-20(9-7-19)17-34(30(35)29-28(32)25-4-2-3-5-27(25)36-29)18-23-16-22(12-15-26(23)33)21-10-13-24(31)14-11-21/h2-5,10-16,19-20H,6-9,17-18H2,1H3. The van der Waals surface area contributed by atoms with Gasteiger partial charge in [-0.15, -0.1) is 11.3 Å². The fourth-order valence-electron chi connectivity index (χ4n) is 5.06. The summed E-state index contributed by atoms with van der Waals surface area (Å²) in [5.41, 5.74) is 2.34. The molecule has 4 aromatic rings. The van der Waals surface area contributed by atoms with E-state index in [0.717, 1.165) is 52.8 Å². The van der Waals surface area contributed by atoms with E-state index in [4.69, 9.17) is 23.2 Å². The molecule has 1 amide bonds. The summed E-state index contributed by atoms with van der Waals surface area (Å²) in [5.74, 6) is 0.679. The van der Waals surface area contributed by atoms with Crippen LogP contribution in [-0.4, -0.2) is 17.4 Å². The predicted molar refractivity (Wildman–Crippen MR) is 150 cm³/mol.